The molecule has 0 amide bonds. The molecule has 1 N–H and O–H groups in total. The van der Waals surface area contributed by atoms with Crippen molar-refractivity contribution >= 4 is 16.6 Å². The van der Waals surface area contributed by atoms with Crippen molar-refractivity contribution in [3.05, 3.63) is 36.5 Å². The SMILES string of the molecule is CCCN(CCO)c1nccc2ccccc12. The zero-order chi connectivity index (χ0) is 12.1. The van der Waals surface area contributed by atoms with E-state index in [1.54, 1.807) is 0 Å². The van der Waals surface area contributed by atoms with Gasteiger partial charge in [-0.3, -0.25) is 0 Å². The fourth-order valence-electron chi connectivity index (χ4n) is 2.07. The summed E-state index contributed by atoms with van der Waals surface area (Å²) < 4.78 is 0. The predicted molar refractivity (Wildman–Crippen MR) is 71.3 cm³/mol. The van der Waals surface area contributed by atoms with Gasteiger partial charge >= 0.3 is 0 Å². The number of pyridine rings is 1. The Morgan fingerprint density at radius 1 is 1.18 bits per heavy atom. The van der Waals surface area contributed by atoms with Crippen molar-refractivity contribution in [3.63, 3.8) is 0 Å². The molecule has 0 saturated carbocycles. The minimum atomic E-state index is 0.158. The molecule has 3 nitrogen and oxygen atoms in total. The van der Waals surface area contributed by atoms with Crippen LogP contribution in [0.15, 0.2) is 36.5 Å². The Balaban J connectivity index is 2.44. The number of aliphatic hydroxyl groups excluding tert-OH is 1. The molecule has 1 heterocycles. The quantitative estimate of drug-likeness (QED) is 0.857. The van der Waals surface area contributed by atoms with Crippen LogP contribution in [-0.2, 0) is 0 Å². The van der Waals surface area contributed by atoms with Gasteiger partial charge in [-0.25, -0.2) is 4.98 Å². The second kappa shape index (κ2) is 5.64. The van der Waals surface area contributed by atoms with Crippen LogP contribution in [0, 0.1) is 0 Å². The van der Waals surface area contributed by atoms with Crippen molar-refractivity contribution in [3.8, 4) is 0 Å². The number of anilines is 1. The van der Waals surface area contributed by atoms with Gasteiger partial charge in [0, 0.05) is 24.7 Å². The Hall–Kier alpha value is -1.61. The number of nitrogens with zero attached hydrogens (tertiary/aromatic N) is 2. The van der Waals surface area contributed by atoms with Gasteiger partial charge in [0.05, 0.1) is 6.61 Å². The van der Waals surface area contributed by atoms with E-state index >= 15 is 0 Å². The molecule has 2 aromatic rings. The number of rotatable bonds is 5. The second-order valence-corrected chi connectivity index (χ2v) is 4.07. The maximum absolute atomic E-state index is 9.13. The largest absolute Gasteiger partial charge is 0.395 e. The minimum Gasteiger partial charge on any atom is -0.395 e. The van der Waals surface area contributed by atoms with Gasteiger partial charge in [0.25, 0.3) is 0 Å². The fourth-order valence-corrected chi connectivity index (χ4v) is 2.07. The van der Waals surface area contributed by atoms with Crippen molar-refractivity contribution in [1.82, 2.24) is 4.98 Å². The molecule has 0 aliphatic carbocycles. The molecule has 17 heavy (non-hydrogen) atoms. The Labute approximate surface area is 102 Å². The molecule has 0 atom stereocenters. The van der Waals surface area contributed by atoms with E-state index in [9.17, 15) is 0 Å². The Morgan fingerprint density at radius 2 is 2.00 bits per heavy atom. The number of benzene rings is 1. The van der Waals surface area contributed by atoms with Crippen LogP contribution in [0.2, 0.25) is 0 Å². The topological polar surface area (TPSA) is 36.4 Å². The van der Waals surface area contributed by atoms with Crippen molar-refractivity contribution in [2.75, 3.05) is 24.6 Å². The number of hydrogen-bond donors (Lipinski definition) is 1. The average Bonchev–Trinajstić information content (AvgIpc) is 2.38. The summed E-state index contributed by atoms with van der Waals surface area (Å²) >= 11 is 0. The molecule has 0 spiro atoms. The third-order valence-electron chi connectivity index (χ3n) is 2.82. The lowest BCUT2D eigenvalue weighted by Gasteiger charge is -2.23. The summed E-state index contributed by atoms with van der Waals surface area (Å²) in [4.78, 5) is 6.60. The standard InChI is InChI=1S/C14H18N2O/c1-2-9-16(10-11-17)14-13-6-4-3-5-12(13)7-8-15-14/h3-8,17H,2,9-11H2,1H3. The molecule has 0 fully saturated rings. The molecule has 1 aromatic carbocycles. The van der Waals surface area contributed by atoms with Crippen molar-refractivity contribution < 1.29 is 5.11 Å². The monoisotopic (exact) mass is 230 g/mol. The fraction of sp³-hybridized carbons (Fsp3) is 0.357. The molecular weight excluding hydrogens is 212 g/mol. The smallest absolute Gasteiger partial charge is 0.136 e. The maximum Gasteiger partial charge on any atom is 0.136 e. The number of aliphatic hydroxyl groups is 1. The average molecular weight is 230 g/mol. The third kappa shape index (κ3) is 2.56. The van der Waals surface area contributed by atoms with E-state index in [1.165, 1.54) is 5.39 Å². The van der Waals surface area contributed by atoms with E-state index in [2.05, 4.69) is 28.9 Å². The summed E-state index contributed by atoms with van der Waals surface area (Å²) in [5.41, 5.74) is 0. The van der Waals surface area contributed by atoms with E-state index in [4.69, 9.17) is 5.11 Å². The molecule has 0 saturated heterocycles. The van der Waals surface area contributed by atoms with Crippen LogP contribution >= 0.6 is 0 Å². The highest BCUT2D eigenvalue weighted by Crippen LogP contribution is 2.23. The van der Waals surface area contributed by atoms with E-state index in [0.29, 0.717) is 6.54 Å². The lowest BCUT2D eigenvalue weighted by atomic mass is 10.1. The van der Waals surface area contributed by atoms with Gasteiger partial charge in [-0.1, -0.05) is 31.2 Å². The highest BCUT2D eigenvalue weighted by molar-refractivity contribution is 5.92. The van der Waals surface area contributed by atoms with Gasteiger partial charge in [0.1, 0.15) is 5.82 Å². The highest BCUT2D eigenvalue weighted by Gasteiger charge is 2.09. The molecule has 2 rings (SSSR count). The maximum atomic E-state index is 9.13. The van der Waals surface area contributed by atoms with E-state index in [0.717, 1.165) is 24.2 Å². The molecule has 1 aromatic heterocycles. The summed E-state index contributed by atoms with van der Waals surface area (Å²) in [7, 11) is 0. The Kier molecular flexibility index (Phi) is 3.94. The van der Waals surface area contributed by atoms with Crippen LogP contribution in [0.1, 0.15) is 13.3 Å². The molecule has 0 aliphatic heterocycles. The number of aromatic nitrogens is 1. The van der Waals surface area contributed by atoms with Gasteiger partial charge in [0.2, 0.25) is 0 Å². The van der Waals surface area contributed by atoms with Crippen molar-refractivity contribution in [2.24, 2.45) is 0 Å². The van der Waals surface area contributed by atoms with Gasteiger partial charge in [-0.15, -0.1) is 0 Å². The molecule has 3 heteroatoms. The predicted octanol–water partition coefficient (Wildman–Crippen LogP) is 2.44. The Bertz CT molecular complexity index is 473. The van der Waals surface area contributed by atoms with E-state index in [1.807, 2.05) is 24.4 Å². The molecule has 0 aliphatic rings. The van der Waals surface area contributed by atoms with Crippen LogP contribution in [0.5, 0.6) is 0 Å². The molecule has 90 valence electrons. The second-order valence-electron chi connectivity index (χ2n) is 4.07. The summed E-state index contributed by atoms with van der Waals surface area (Å²) in [6, 6.07) is 10.2. The Morgan fingerprint density at radius 3 is 2.76 bits per heavy atom. The summed E-state index contributed by atoms with van der Waals surface area (Å²) in [5.74, 6) is 0.971. The van der Waals surface area contributed by atoms with Crippen LogP contribution in [0.4, 0.5) is 5.82 Å². The molecule has 0 unspecified atom stereocenters. The molecule has 0 bridgehead atoms. The first-order valence-corrected chi connectivity index (χ1v) is 6.06. The molecule has 0 radical (unpaired) electrons. The zero-order valence-electron chi connectivity index (χ0n) is 10.1. The van der Waals surface area contributed by atoms with Gasteiger partial charge in [0.15, 0.2) is 0 Å². The first-order valence-electron chi connectivity index (χ1n) is 6.06. The van der Waals surface area contributed by atoms with Crippen LogP contribution in [-0.4, -0.2) is 29.8 Å². The van der Waals surface area contributed by atoms with E-state index in [-0.39, 0.29) is 6.61 Å². The van der Waals surface area contributed by atoms with Crippen LogP contribution < -0.4 is 4.90 Å². The minimum absolute atomic E-state index is 0.158. The number of hydrogen-bond acceptors (Lipinski definition) is 3. The zero-order valence-corrected chi connectivity index (χ0v) is 10.1. The van der Waals surface area contributed by atoms with Crippen LogP contribution in [0.3, 0.4) is 0 Å². The van der Waals surface area contributed by atoms with Gasteiger partial charge < -0.3 is 10.0 Å². The van der Waals surface area contributed by atoms with Crippen molar-refractivity contribution in [1.29, 1.82) is 0 Å². The summed E-state index contributed by atoms with van der Waals surface area (Å²) in [6.45, 7) is 3.84. The first-order chi connectivity index (χ1) is 8.36. The third-order valence-corrected chi connectivity index (χ3v) is 2.82. The lowest BCUT2D eigenvalue weighted by Crippen LogP contribution is -2.28. The first kappa shape index (κ1) is 11.9. The normalized spacial score (nSPS) is 10.7. The van der Waals surface area contributed by atoms with Gasteiger partial charge in [-0.05, 0) is 17.9 Å². The summed E-state index contributed by atoms with van der Waals surface area (Å²) in [5, 5.41) is 11.5. The van der Waals surface area contributed by atoms with Crippen LogP contribution in [0.25, 0.3) is 10.8 Å². The number of fused-ring (bicyclic) bond motifs is 1. The lowest BCUT2D eigenvalue weighted by molar-refractivity contribution is 0.301. The highest BCUT2D eigenvalue weighted by atomic mass is 16.3. The van der Waals surface area contributed by atoms with Crippen molar-refractivity contribution in [2.45, 2.75) is 13.3 Å². The summed E-state index contributed by atoms with van der Waals surface area (Å²) in [6.07, 6.45) is 2.88. The van der Waals surface area contributed by atoms with E-state index < -0.39 is 0 Å². The molecular formula is C14H18N2O. The van der Waals surface area contributed by atoms with Gasteiger partial charge in [-0.2, -0.15) is 0 Å².